The van der Waals surface area contributed by atoms with E-state index in [0.717, 1.165) is 15.7 Å². The van der Waals surface area contributed by atoms with Gasteiger partial charge in [-0.2, -0.15) is 0 Å². The number of anilines is 1. The van der Waals surface area contributed by atoms with E-state index in [2.05, 4.69) is 21.2 Å². The Bertz CT molecular complexity index is 357. The van der Waals surface area contributed by atoms with Gasteiger partial charge in [0.15, 0.2) is 0 Å². The number of aryl methyl sites for hydroxylation is 1. The third-order valence-corrected chi connectivity index (χ3v) is 2.77. The fraction of sp³-hybridized carbons (Fsp3) is 0.455. The summed E-state index contributed by atoms with van der Waals surface area (Å²) in [5, 5.41) is 21.0. The molecule has 0 bridgehead atoms. The summed E-state index contributed by atoms with van der Waals surface area (Å²) < 4.78 is 6.11. The van der Waals surface area contributed by atoms with Crippen LogP contribution >= 0.6 is 15.9 Å². The molecule has 1 aromatic rings. The number of methoxy groups -OCH3 is 1. The predicted molar refractivity (Wildman–Crippen MR) is 67.0 cm³/mol. The van der Waals surface area contributed by atoms with Gasteiger partial charge < -0.3 is 20.3 Å². The van der Waals surface area contributed by atoms with Crippen molar-refractivity contribution in [2.75, 3.05) is 25.6 Å². The van der Waals surface area contributed by atoms with Crippen molar-refractivity contribution in [1.82, 2.24) is 0 Å². The zero-order valence-electron chi connectivity index (χ0n) is 9.33. The van der Waals surface area contributed by atoms with Crippen LogP contribution in [0.1, 0.15) is 5.56 Å². The van der Waals surface area contributed by atoms with Gasteiger partial charge in [-0.05, 0) is 40.5 Å². The first-order valence-corrected chi connectivity index (χ1v) is 5.74. The van der Waals surface area contributed by atoms with Gasteiger partial charge in [0.1, 0.15) is 5.75 Å². The number of aliphatic hydroxyl groups is 2. The quantitative estimate of drug-likeness (QED) is 0.769. The second kappa shape index (κ2) is 6.08. The van der Waals surface area contributed by atoms with E-state index in [1.165, 1.54) is 0 Å². The van der Waals surface area contributed by atoms with Gasteiger partial charge in [-0.25, -0.2) is 0 Å². The molecular formula is C11H16BrNO3. The molecule has 0 amide bonds. The third-order valence-electron chi connectivity index (χ3n) is 2.14. The lowest BCUT2D eigenvalue weighted by atomic mass is 10.2. The van der Waals surface area contributed by atoms with Crippen LogP contribution in [0.25, 0.3) is 0 Å². The molecule has 0 spiro atoms. The van der Waals surface area contributed by atoms with Crippen LogP contribution < -0.4 is 10.1 Å². The van der Waals surface area contributed by atoms with Crippen LogP contribution in [0.4, 0.5) is 5.69 Å². The lowest BCUT2D eigenvalue weighted by Gasteiger charge is -2.15. The summed E-state index contributed by atoms with van der Waals surface area (Å²) in [4.78, 5) is 0. The van der Waals surface area contributed by atoms with Crippen LogP contribution in [-0.4, -0.2) is 36.6 Å². The van der Waals surface area contributed by atoms with E-state index in [9.17, 15) is 5.11 Å². The highest BCUT2D eigenvalue weighted by molar-refractivity contribution is 9.10. The van der Waals surface area contributed by atoms with Gasteiger partial charge in [-0.15, -0.1) is 0 Å². The number of ether oxygens (including phenoxy) is 1. The van der Waals surface area contributed by atoms with Crippen LogP contribution in [0.15, 0.2) is 16.6 Å². The Balaban J connectivity index is 2.85. The average molecular weight is 290 g/mol. The molecule has 0 aromatic heterocycles. The lowest BCUT2D eigenvalue weighted by Crippen LogP contribution is -2.23. The molecule has 0 heterocycles. The smallest absolute Gasteiger partial charge is 0.143 e. The second-order valence-electron chi connectivity index (χ2n) is 3.54. The topological polar surface area (TPSA) is 61.7 Å². The van der Waals surface area contributed by atoms with Crippen molar-refractivity contribution < 1.29 is 14.9 Å². The van der Waals surface area contributed by atoms with Crippen molar-refractivity contribution in [2.24, 2.45) is 0 Å². The van der Waals surface area contributed by atoms with Gasteiger partial charge in [0.25, 0.3) is 0 Å². The standard InChI is InChI=1S/C11H16BrNO3/c1-7-3-9(12)11(10(4-7)16-2)13-5-8(15)6-14/h3-4,8,13-15H,5-6H2,1-2H3. The molecule has 0 saturated heterocycles. The van der Waals surface area contributed by atoms with Gasteiger partial charge in [0, 0.05) is 11.0 Å². The van der Waals surface area contributed by atoms with E-state index < -0.39 is 6.10 Å². The van der Waals surface area contributed by atoms with Gasteiger partial charge >= 0.3 is 0 Å². The van der Waals surface area contributed by atoms with Crippen molar-refractivity contribution in [3.8, 4) is 5.75 Å². The monoisotopic (exact) mass is 289 g/mol. The fourth-order valence-corrected chi connectivity index (χ4v) is 2.02. The van der Waals surface area contributed by atoms with Gasteiger partial charge in [0.2, 0.25) is 0 Å². The van der Waals surface area contributed by atoms with Crippen molar-refractivity contribution in [1.29, 1.82) is 0 Å². The minimum absolute atomic E-state index is 0.265. The van der Waals surface area contributed by atoms with Gasteiger partial charge in [-0.3, -0.25) is 0 Å². The third kappa shape index (κ3) is 3.37. The molecule has 0 radical (unpaired) electrons. The molecule has 4 nitrogen and oxygen atoms in total. The molecule has 0 saturated carbocycles. The minimum Gasteiger partial charge on any atom is -0.495 e. The number of nitrogens with one attached hydrogen (secondary N) is 1. The van der Waals surface area contributed by atoms with Crippen molar-refractivity contribution >= 4 is 21.6 Å². The maximum absolute atomic E-state index is 9.26. The summed E-state index contributed by atoms with van der Waals surface area (Å²) >= 11 is 3.42. The average Bonchev–Trinajstić information content (AvgIpc) is 2.26. The van der Waals surface area contributed by atoms with Crippen LogP contribution in [0.2, 0.25) is 0 Å². The lowest BCUT2D eigenvalue weighted by molar-refractivity contribution is 0.105. The van der Waals surface area contributed by atoms with E-state index in [4.69, 9.17) is 9.84 Å². The Morgan fingerprint density at radius 3 is 2.75 bits per heavy atom. The Morgan fingerprint density at radius 2 is 2.19 bits per heavy atom. The van der Waals surface area contributed by atoms with Crippen LogP contribution in [0.5, 0.6) is 5.75 Å². The molecule has 0 aliphatic rings. The number of halogens is 1. The van der Waals surface area contributed by atoms with Crippen molar-refractivity contribution in [2.45, 2.75) is 13.0 Å². The highest BCUT2D eigenvalue weighted by Gasteiger charge is 2.10. The molecule has 1 atom stereocenters. The van der Waals surface area contributed by atoms with Crippen LogP contribution in [0, 0.1) is 6.92 Å². The molecule has 5 heteroatoms. The Hall–Kier alpha value is -0.780. The van der Waals surface area contributed by atoms with Gasteiger partial charge in [0.05, 0.1) is 25.5 Å². The Morgan fingerprint density at radius 1 is 1.50 bits per heavy atom. The van der Waals surface area contributed by atoms with Crippen LogP contribution in [-0.2, 0) is 0 Å². The summed E-state index contributed by atoms with van der Waals surface area (Å²) in [5.41, 5.74) is 1.86. The van der Waals surface area contributed by atoms with E-state index >= 15 is 0 Å². The molecule has 90 valence electrons. The molecular weight excluding hydrogens is 274 g/mol. The largest absolute Gasteiger partial charge is 0.495 e. The first-order valence-electron chi connectivity index (χ1n) is 4.95. The first kappa shape index (κ1) is 13.3. The molecule has 1 aromatic carbocycles. The van der Waals surface area contributed by atoms with Crippen LogP contribution in [0.3, 0.4) is 0 Å². The highest BCUT2D eigenvalue weighted by atomic mass is 79.9. The van der Waals surface area contributed by atoms with E-state index in [0.29, 0.717) is 5.75 Å². The van der Waals surface area contributed by atoms with E-state index in [1.54, 1.807) is 7.11 Å². The summed E-state index contributed by atoms with van der Waals surface area (Å²) in [6, 6.07) is 3.86. The normalized spacial score (nSPS) is 12.3. The second-order valence-corrected chi connectivity index (χ2v) is 4.40. The molecule has 1 unspecified atom stereocenters. The highest BCUT2D eigenvalue weighted by Crippen LogP contribution is 2.33. The SMILES string of the molecule is COc1cc(C)cc(Br)c1NCC(O)CO. The summed E-state index contributed by atoms with van der Waals surface area (Å²) in [7, 11) is 1.59. The number of benzene rings is 1. The fourth-order valence-electron chi connectivity index (χ4n) is 1.33. The number of hydrogen-bond donors (Lipinski definition) is 3. The molecule has 0 fully saturated rings. The molecule has 16 heavy (non-hydrogen) atoms. The predicted octanol–water partition coefficient (Wildman–Crippen LogP) is 1.53. The number of rotatable bonds is 5. The van der Waals surface area contributed by atoms with E-state index in [1.807, 2.05) is 19.1 Å². The molecule has 0 aliphatic heterocycles. The maximum Gasteiger partial charge on any atom is 0.143 e. The minimum atomic E-state index is -0.780. The van der Waals surface area contributed by atoms with Crippen molar-refractivity contribution in [3.05, 3.63) is 22.2 Å². The van der Waals surface area contributed by atoms with Gasteiger partial charge in [-0.1, -0.05) is 0 Å². The Kier molecular flexibility index (Phi) is 5.05. The maximum atomic E-state index is 9.26. The number of hydrogen-bond acceptors (Lipinski definition) is 4. The molecule has 0 aliphatic carbocycles. The first-order chi connectivity index (χ1) is 7.58. The summed E-state index contributed by atoms with van der Waals surface area (Å²) in [5.74, 6) is 0.706. The summed E-state index contributed by atoms with van der Waals surface area (Å²) in [6.45, 7) is 1.98. The van der Waals surface area contributed by atoms with E-state index in [-0.39, 0.29) is 13.2 Å². The Labute approximate surface area is 103 Å². The zero-order valence-corrected chi connectivity index (χ0v) is 10.9. The van der Waals surface area contributed by atoms with Crippen molar-refractivity contribution in [3.63, 3.8) is 0 Å². The number of aliphatic hydroxyl groups excluding tert-OH is 2. The molecule has 3 N–H and O–H groups in total. The summed E-state index contributed by atoms with van der Waals surface area (Å²) in [6.07, 6.45) is -0.780. The zero-order chi connectivity index (χ0) is 12.1. The molecule has 1 rings (SSSR count).